The van der Waals surface area contributed by atoms with Crippen LogP contribution in [0.4, 0.5) is 4.39 Å². The molecule has 1 heterocycles. The van der Waals surface area contributed by atoms with E-state index < -0.39 is 26.4 Å². The quantitative estimate of drug-likeness (QED) is 0.681. The van der Waals surface area contributed by atoms with Crippen molar-refractivity contribution in [3.63, 3.8) is 0 Å². The van der Waals surface area contributed by atoms with Crippen LogP contribution in [0, 0.1) is 5.82 Å². The second-order valence-corrected chi connectivity index (χ2v) is 5.31. The highest BCUT2D eigenvalue weighted by Gasteiger charge is 2.24. The Kier molecular flexibility index (Phi) is 3.37. The molecule has 1 aromatic carbocycles. The van der Waals surface area contributed by atoms with Crippen LogP contribution >= 0.6 is 11.8 Å². The van der Waals surface area contributed by atoms with Gasteiger partial charge in [-0.25, -0.2) is 4.39 Å². The summed E-state index contributed by atoms with van der Waals surface area (Å²) in [6, 6.07) is 3.25. The molecule has 2 rings (SSSR count). The average Bonchev–Trinajstić information content (AvgIpc) is 2.75. The number of nitrogens with zero attached hydrogens (tertiary/aromatic N) is 2. The van der Waals surface area contributed by atoms with Gasteiger partial charge in [0.2, 0.25) is 0 Å². The molecular formula is C9H7FN2O4S2. The number of benzene rings is 1. The van der Waals surface area contributed by atoms with E-state index in [1.54, 1.807) is 6.26 Å². The third kappa shape index (κ3) is 2.37. The van der Waals surface area contributed by atoms with Crippen molar-refractivity contribution in [3.05, 3.63) is 24.0 Å². The van der Waals surface area contributed by atoms with Gasteiger partial charge >= 0.3 is 0 Å². The summed E-state index contributed by atoms with van der Waals surface area (Å²) in [7, 11) is -4.58. The zero-order valence-corrected chi connectivity index (χ0v) is 10.6. The zero-order valence-electron chi connectivity index (χ0n) is 8.99. The number of rotatable bonds is 3. The molecule has 18 heavy (non-hydrogen) atoms. The van der Waals surface area contributed by atoms with Gasteiger partial charge < -0.3 is 4.42 Å². The van der Waals surface area contributed by atoms with Crippen molar-refractivity contribution >= 4 is 21.9 Å². The fraction of sp³-hybridized carbons (Fsp3) is 0.111. The molecule has 0 unspecified atom stereocenters. The van der Waals surface area contributed by atoms with E-state index in [1.807, 2.05) is 0 Å². The first kappa shape index (κ1) is 13.0. The Bertz CT molecular complexity index is 684. The van der Waals surface area contributed by atoms with Crippen molar-refractivity contribution in [2.45, 2.75) is 10.1 Å². The minimum absolute atomic E-state index is 0.162. The molecule has 0 saturated heterocycles. The van der Waals surface area contributed by atoms with E-state index in [1.165, 1.54) is 0 Å². The number of aromatic nitrogens is 2. The van der Waals surface area contributed by atoms with Crippen LogP contribution in [-0.2, 0) is 10.1 Å². The number of hydrogen-bond donors (Lipinski definition) is 1. The SMILES string of the molecule is CSc1nnc(-c2c(F)cccc2S(=O)(=O)O)o1. The van der Waals surface area contributed by atoms with Crippen LogP contribution in [0.3, 0.4) is 0 Å². The largest absolute Gasteiger partial charge is 0.411 e. The van der Waals surface area contributed by atoms with Crippen molar-refractivity contribution in [2.24, 2.45) is 0 Å². The molecule has 0 aliphatic carbocycles. The van der Waals surface area contributed by atoms with E-state index in [-0.39, 0.29) is 11.1 Å². The number of hydrogen-bond acceptors (Lipinski definition) is 6. The molecule has 0 fully saturated rings. The highest BCUT2D eigenvalue weighted by Crippen LogP contribution is 2.30. The molecule has 0 spiro atoms. The summed E-state index contributed by atoms with van der Waals surface area (Å²) in [6.45, 7) is 0. The second kappa shape index (κ2) is 4.67. The maximum atomic E-state index is 13.7. The fourth-order valence-electron chi connectivity index (χ4n) is 1.32. The minimum atomic E-state index is -4.58. The molecule has 0 amide bonds. The molecule has 0 saturated carbocycles. The number of thioether (sulfide) groups is 1. The lowest BCUT2D eigenvalue weighted by molar-refractivity contribution is 0.458. The first-order valence-corrected chi connectivity index (χ1v) is 7.24. The van der Waals surface area contributed by atoms with Gasteiger partial charge in [-0.2, -0.15) is 8.42 Å². The Labute approximate surface area is 106 Å². The summed E-state index contributed by atoms with van der Waals surface area (Å²) in [6.07, 6.45) is 1.67. The van der Waals surface area contributed by atoms with Crippen molar-refractivity contribution in [1.82, 2.24) is 10.2 Å². The van der Waals surface area contributed by atoms with Crippen LogP contribution in [0.25, 0.3) is 11.5 Å². The molecule has 0 bridgehead atoms. The minimum Gasteiger partial charge on any atom is -0.411 e. The molecule has 96 valence electrons. The van der Waals surface area contributed by atoms with Gasteiger partial charge in [0.25, 0.3) is 21.2 Å². The van der Waals surface area contributed by atoms with Gasteiger partial charge in [0.05, 0.1) is 5.56 Å². The van der Waals surface area contributed by atoms with E-state index in [0.717, 1.165) is 30.0 Å². The standard InChI is InChI=1S/C9H7FN2O4S2/c1-17-9-12-11-8(16-9)7-5(10)3-2-4-6(7)18(13,14)15/h2-4H,1H3,(H,13,14,15). The van der Waals surface area contributed by atoms with E-state index in [2.05, 4.69) is 10.2 Å². The Hall–Kier alpha value is -1.45. The summed E-state index contributed by atoms with van der Waals surface area (Å²) in [5.74, 6) is -1.17. The zero-order chi connectivity index (χ0) is 13.3. The van der Waals surface area contributed by atoms with Crippen LogP contribution in [0.15, 0.2) is 32.7 Å². The average molecular weight is 290 g/mol. The highest BCUT2D eigenvalue weighted by molar-refractivity contribution is 7.98. The second-order valence-electron chi connectivity index (χ2n) is 3.17. The lowest BCUT2D eigenvalue weighted by Gasteiger charge is -2.03. The van der Waals surface area contributed by atoms with Crippen LogP contribution in [-0.4, -0.2) is 29.4 Å². The summed E-state index contributed by atoms with van der Waals surface area (Å²) in [4.78, 5) is -0.612. The molecule has 2 aromatic rings. The first-order valence-electron chi connectivity index (χ1n) is 4.57. The van der Waals surface area contributed by atoms with E-state index in [4.69, 9.17) is 8.97 Å². The Morgan fingerprint density at radius 1 is 1.39 bits per heavy atom. The number of halogens is 1. The van der Waals surface area contributed by atoms with Crippen LogP contribution in [0.5, 0.6) is 0 Å². The Morgan fingerprint density at radius 3 is 2.67 bits per heavy atom. The van der Waals surface area contributed by atoms with Gasteiger partial charge in [-0.1, -0.05) is 17.8 Å². The maximum absolute atomic E-state index is 13.7. The van der Waals surface area contributed by atoms with E-state index in [0.29, 0.717) is 0 Å². The molecule has 1 aromatic heterocycles. The lowest BCUT2D eigenvalue weighted by atomic mass is 10.2. The summed E-state index contributed by atoms with van der Waals surface area (Å²) < 4.78 is 50.1. The van der Waals surface area contributed by atoms with Crippen LogP contribution < -0.4 is 0 Å². The van der Waals surface area contributed by atoms with Gasteiger partial charge in [0.1, 0.15) is 10.7 Å². The lowest BCUT2D eigenvalue weighted by Crippen LogP contribution is -2.02. The fourth-order valence-corrected chi connectivity index (χ4v) is 2.30. The molecule has 0 aliphatic heterocycles. The molecule has 9 heteroatoms. The predicted octanol–water partition coefficient (Wildman–Crippen LogP) is 1.84. The van der Waals surface area contributed by atoms with E-state index in [9.17, 15) is 12.8 Å². The van der Waals surface area contributed by atoms with Gasteiger partial charge in [0.15, 0.2) is 0 Å². The topological polar surface area (TPSA) is 93.3 Å². The van der Waals surface area contributed by atoms with Crippen molar-refractivity contribution in [2.75, 3.05) is 6.26 Å². The molecule has 0 radical (unpaired) electrons. The highest BCUT2D eigenvalue weighted by atomic mass is 32.2. The van der Waals surface area contributed by atoms with Crippen molar-refractivity contribution < 1.29 is 21.8 Å². The van der Waals surface area contributed by atoms with E-state index >= 15 is 0 Å². The predicted molar refractivity (Wildman–Crippen MR) is 61.3 cm³/mol. The van der Waals surface area contributed by atoms with Gasteiger partial charge in [-0.05, 0) is 18.4 Å². The third-order valence-corrected chi connectivity index (χ3v) is 3.46. The maximum Gasteiger partial charge on any atom is 0.295 e. The smallest absolute Gasteiger partial charge is 0.295 e. The molecule has 1 N–H and O–H groups in total. The van der Waals surface area contributed by atoms with Gasteiger partial charge in [-0.15, -0.1) is 10.2 Å². The van der Waals surface area contributed by atoms with Crippen molar-refractivity contribution in [1.29, 1.82) is 0 Å². The monoisotopic (exact) mass is 290 g/mol. The third-order valence-electron chi connectivity index (χ3n) is 2.05. The molecule has 6 nitrogen and oxygen atoms in total. The normalized spacial score (nSPS) is 11.7. The Balaban J connectivity index is 2.70. The summed E-state index contributed by atoms with van der Waals surface area (Å²) >= 11 is 1.13. The van der Waals surface area contributed by atoms with Crippen molar-refractivity contribution in [3.8, 4) is 11.5 Å². The molecule has 0 aliphatic rings. The summed E-state index contributed by atoms with van der Waals surface area (Å²) in [5, 5.41) is 7.28. The molecule has 0 atom stereocenters. The van der Waals surface area contributed by atoms with Gasteiger partial charge in [-0.3, -0.25) is 4.55 Å². The first-order chi connectivity index (χ1) is 8.43. The summed E-state index contributed by atoms with van der Waals surface area (Å²) in [5.41, 5.74) is -0.437. The Morgan fingerprint density at radius 2 is 2.11 bits per heavy atom. The van der Waals surface area contributed by atoms with Crippen LogP contribution in [0.1, 0.15) is 0 Å². The van der Waals surface area contributed by atoms with Gasteiger partial charge in [0, 0.05) is 0 Å². The molecular weight excluding hydrogens is 283 g/mol. The van der Waals surface area contributed by atoms with Crippen LogP contribution in [0.2, 0.25) is 0 Å².